The molecule has 102 valence electrons. The monoisotopic (exact) mass is 315 g/mol. The third-order valence-electron chi connectivity index (χ3n) is 2.83. The third kappa shape index (κ3) is 3.02. The maximum Gasteiger partial charge on any atom is 0.267 e. The van der Waals surface area contributed by atoms with E-state index in [-0.39, 0.29) is 4.75 Å². The Bertz CT molecular complexity index is 530. The van der Waals surface area contributed by atoms with Crippen molar-refractivity contribution in [2.24, 2.45) is 5.84 Å². The Morgan fingerprint density at radius 2 is 2.05 bits per heavy atom. The number of benzene rings is 1. The molecule has 1 fully saturated rings. The molecule has 1 saturated heterocycles. The van der Waals surface area contributed by atoms with Crippen molar-refractivity contribution in [1.82, 2.24) is 5.01 Å². The highest BCUT2D eigenvalue weighted by Gasteiger charge is 2.49. The molecule has 0 spiro atoms. The number of hydrazine groups is 1. The van der Waals surface area contributed by atoms with Crippen molar-refractivity contribution in [3.63, 3.8) is 0 Å². The Morgan fingerprint density at radius 1 is 1.47 bits per heavy atom. The van der Waals surface area contributed by atoms with E-state index < -0.39 is 6.17 Å². The van der Waals surface area contributed by atoms with Crippen LogP contribution >= 0.6 is 35.6 Å². The molecule has 1 atom stereocenters. The summed E-state index contributed by atoms with van der Waals surface area (Å²) in [5, 5.41) is 14.3. The number of thiocarbonyl (C=S) groups is 1. The first-order valence-electron chi connectivity index (χ1n) is 5.64. The van der Waals surface area contributed by atoms with Gasteiger partial charge in [-0.25, -0.2) is 10.9 Å². The molecule has 0 aliphatic carbocycles. The summed E-state index contributed by atoms with van der Waals surface area (Å²) in [6.45, 7) is 3.89. The minimum atomic E-state index is -0.527. The average Bonchev–Trinajstić information content (AvgIpc) is 2.51. The van der Waals surface area contributed by atoms with Gasteiger partial charge >= 0.3 is 0 Å². The molecule has 1 aromatic carbocycles. The number of hydroxylamine groups is 1. The summed E-state index contributed by atoms with van der Waals surface area (Å²) in [5.74, 6) is 5.87. The van der Waals surface area contributed by atoms with Crippen LogP contribution in [0, 0.1) is 5.21 Å². The zero-order chi connectivity index (χ0) is 14.2. The minimum absolute atomic E-state index is 0.365. The quantitative estimate of drug-likeness (QED) is 0.227. The molecular formula is C12H14ClN3OS2. The second kappa shape index (κ2) is 5.28. The van der Waals surface area contributed by atoms with Crippen molar-refractivity contribution in [3.8, 4) is 0 Å². The molecule has 1 aliphatic heterocycles. The Kier molecular flexibility index (Phi) is 4.06. The van der Waals surface area contributed by atoms with Gasteiger partial charge in [-0.3, -0.25) is 0 Å². The van der Waals surface area contributed by atoms with Gasteiger partial charge in [-0.1, -0.05) is 35.6 Å². The SMILES string of the molecule is CC1(C)SC(=S)N(N)C1/[N+]([O-])=C/c1ccc(Cl)cc1. The van der Waals surface area contributed by atoms with Crippen molar-refractivity contribution in [1.29, 1.82) is 0 Å². The Hall–Kier alpha value is -0.820. The first kappa shape index (κ1) is 14.6. The van der Waals surface area contributed by atoms with Crippen molar-refractivity contribution < 1.29 is 4.74 Å². The van der Waals surface area contributed by atoms with E-state index in [9.17, 15) is 5.21 Å². The van der Waals surface area contributed by atoms with Gasteiger partial charge in [0.2, 0.25) is 0 Å². The van der Waals surface area contributed by atoms with Crippen LogP contribution in [0.5, 0.6) is 0 Å². The number of hydrogen-bond acceptors (Lipinski definition) is 4. The molecule has 0 saturated carbocycles. The number of rotatable bonds is 2. The average molecular weight is 316 g/mol. The van der Waals surface area contributed by atoms with Gasteiger partial charge in [-0.05, 0) is 38.1 Å². The highest BCUT2D eigenvalue weighted by atomic mass is 35.5. The molecule has 2 N–H and O–H groups in total. The summed E-state index contributed by atoms with van der Waals surface area (Å²) in [5.41, 5.74) is 0.770. The Labute approximate surface area is 126 Å². The molecule has 0 radical (unpaired) electrons. The van der Waals surface area contributed by atoms with Crippen LogP contribution in [0.1, 0.15) is 19.4 Å². The van der Waals surface area contributed by atoms with Gasteiger partial charge in [0.1, 0.15) is 4.75 Å². The van der Waals surface area contributed by atoms with Crippen LogP contribution in [-0.2, 0) is 0 Å². The lowest BCUT2D eigenvalue weighted by Gasteiger charge is -2.26. The van der Waals surface area contributed by atoms with E-state index in [1.165, 1.54) is 23.0 Å². The second-order valence-corrected chi connectivity index (χ2v) is 7.52. The predicted molar refractivity (Wildman–Crippen MR) is 84.3 cm³/mol. The molecule has 1 unspecified atom stereocenters. The third-order valence-corrected chi connectivity index (χ3v) is 4.67. The molecule has 1 aliphatic rings. The van der Waals surface area contributed by atoms with E-state index >= 15 is 0 Å². The summed E-state index contributed by atoms with van der Waals surface area (Å²) < 4.78 is 1.01. The molecule has 19 heavy (non-hydrogen) atoms. The summed E-state index contributed by atoms with van der Waals surface area (Å²) in [7, 11) is 0. The standard InChI is InChI=1S/C12H14ClN3OS2/c1-12(2)10(16(14)11(18)19-12)15(17)7-8-3-5-9(13)6-4-8/h3-7,10H,14H2,1-2H3/b15-7-. The minimum Gasteiger partial charge on any atom is -0.622 e. The predicted octanol–water partition coefficient (Wildman–Crippen LogP) is 2.58. The van der Waals surface area contributed by atoms with Gasteiger partial charge in [-0.2, -0.15) is 4.74 Å². The fourth-order valence-corrected chi connectivity index (χ4v) is 3.81. The lowest BCUT2D eigenvalue weighted by Crippen LogP contribution is -2.51. The van der Waals surface area contributed by atoms with Gasteiger partial charge in [-0.15, -0.1) is 0 Å². The molecule has 1 aromatic rings. The van der Waals surface area contributed by atoms with Crippen molar-refractivity contribution in [3.05, 3.63) is 40.1 Å². The summed E-state index contributed by atoms with van der Waals surface area (Å²) in [6, 6.07) is 7.03. The Morgan fingerprint density at radius 3 is 2.53 bits per heavy atom. The normalized spacial score (nSPS) is 22.9. The lowest BCUT2D eigenvalue weighted by atomic mass is 10.1. The van der Waals surface area contributed by atoms with Crippen LogP contribution in [0.4, 0.5) is 0 Å². The smallest absolute Gasteiger partial charge is 0.267 e. The highest BCUT2D eigenvalue weighted by molar-refractivity contribution is 8.24. The zero-order valence-corrected chi connectivity index (χ0v) is 12.9. The van der Waals surface area contributed by atoms with Gasteiger partial charge < -0.3 is 5.21 Å². The summed E-state index contributed by atoms with van der Waals surface area (Å²) in [4.78, 5) is 0. The molecule has 4 nitrogen and oxygen atoms in total. The van der Waals surface area contributed by atoms with Crippen LogP contribution in [0.2, 0.25) is 5.02 Å². The van der Waals surface area contributed by atoms with E-state index in [1.54, 1.807) is 24.3 Å². The van der Waals surface area contributed by atoms with Gasteiger partial charge in [0.05, 0.1) is 0 Å². The first-order valence-corrected chi connectivity index (χ1v) is 7.24. The summed E-state index contributed by atoms with van der Waals surface area (Å²) >= 11 is 12.4. The van der Waals surface area contributed by atoms with Crippen molar-refractivity contribution in [2.75, 3.05) is 0 Å². The van der Waals surface area contributed by atoms with E-state index in [1.807, 2.05) is 13.8 Å². The van der Waals surface area contributed by atoms with Crippen LogP contribution in [0.25, 0.3) is 0 Å². The number of hydrogen-bond donors (Lipinski definition) is 1. The second-order valence-electron chi connectivity index (χ2n) is 4.79. The van der Waals surface area contributed by atoms with Gasteiger partial charge in [0.25, 0.3) is 6.17 Å². The number of nitrogens with zero attached hydrogens (tertiary/aromatic N) is 2. The van der Waals surface area contributed by atoms with Gasteiger partial charge in [0, 0.05) is 10.6 Å². The maximum atomic E-state index is 12.3. The van der Waals surface area contributed by atoms with E-state index in [4.69, 9.17) is 29.7 Å². The lowest BCUT2D eigenvalue weighted by molar-refractivity contribution is -0.524. The fraction of sp³-hybridized carbons (Fsp3) is 0.333. The van der Waals surface area contributed by atoms with Crippen LogP contribution in [0.3, 0.4) is 0 Å². The molecular weight excluding hydrogens is 302 g/mol. The van der Waals surface area contributed by atoms with Crippen LogP contribution in [-0.4, -0.2) is 31.2 Å². The van der Waals surface area contributed by atoms with E-state index in [0.717, 1.165) is 10.3 Å². The first-order chi connectivity index (χ1) is 8.81. The van der Waals surface area contributed by atoms with Crippen molar-refractivity contribution >= 4 is 46.1 Å². The van der Waals surface area contributed by atoms with Crippen LogP contribution in [0.15, 0.2) is 24.3 Å². The van der Waals surface area contributed by atoms with E-state index in [0.29, 0.717) is 9.34 Å². The maximum absolute atomic E-state index is 12.3. The largest absolute Gasteiger partial charge is 0.622 e. The molecule has 0 bridgehead atoms. The highest BCUT2D eigenvalue weighted by Crippen LogP contribution is 2.39. The zero-order valence-electron chi connectivity index (χ0n) is 10.5. The number of halogens is 1. The molecule has 0 amide bonds. The molecule has 2 rings (SSSR count). The molecule has 7 heteroatoms. The number of nitrogens with two attached hydrogens (primary N) is 1. The van der Waals surface area contributed by atoms with Crippen molar-refractivity contribution in [2.45, 2.75) is 24.8 Å². The summed E-state index contributed by atoms with van der Waals surface area (Å²) in [6.07, 6.45) is 0.970. The number of thioether (sulfide) groups is 1. The molecule has 1 heterocycles. The fourth-order valence-electron chi connectivity index (χ4n) is 1.96. The topological polar surface area (TPSA) is 55.3 Å². The van der Waals surface area contributed by atoms with Gasteiger partial charge in [0.15, 0.2) is 10.5 Å². The Balaban J connectivity index is 2.30. The molecule has 0 aromatic heterocycles. The van der Waals surface area contributed by atoms with E-state index in [2.05, 4.69) is 0 Å². The van der Waals surface area contributed by atoms with Crippen LogP contribution < -0.4 is 5.84 Å².